The van der Waals surface area contributed by atoms with E-state index in [9.17, 15) is 9.59 Å². The number of nitrogens with one attached hydrogen (secondary N) is 2. The van der Waals surface area contributed by atoms with Gasteiger partial charge in [-0.15, -0.1) is 0 Å². The van der Waals surface area contributed by atoms with Gasteiger partial charge >= 0.3 is 0 Å². The van der Waals surface area contributed by atoms with E-state index in [1.54, 1.807) is 24.3 Å². The van der Waals surface area contributed by atoms with Gasteiger partial charge in [-0.25, -0.2) is 0 Å². The SMILES string of the molecule is O=C(Nc1cccc(OCC(=O)N2CCCC2)c1)C1COCCN1. The van der Waals surface area contributed by atoms with Crippen molar-refractivity contribution in [3.63, 3.8) is 0 Å². The summed E-state index contributed by atoms with van der Waals surface area (Å²) >= 11 is 0. The maximum Gasteiger partial charge on any atom is 0.260 e. The molecule has 0 aromatic heterocycles. The Balaban J connectivity index is 1.51. The average Bonchev–Trinajstić information content (AvgIpc) is 3.15. The largest absolute Gasteiger partial charge is 0.484 e. The smallest absolute Gasteiger partial charge is 0.260 e. The van der Waals surface area contributed by atoms with Crippen molar-refractivity contribution in [1.29, 1.82) is 0 Å². The predicted octanol–water partition coefficient (Wildman–Crippen LogP) is 0.615. The minimum atomic E-state index is -0.347. The van der Waals surface area contributed by atoms with E-state index in [1.165, 1.54) is 0 Å². The van der Waals surface area contributed by atoms with Gasteiger partial charge in [-0.1, -0.05) is 6.07 Å². The summed E-state index contributed by atoms with van der Waals surface area (Å²) in [6.07, 6.45) is 2.12. The fraction of sp³-hybridized carbons (Fsp3) is 0.529. The van der Waals surface area contributed by atoms with Crippen LogP contribution in [-0.2, 0) is 14.3 Å². The highest BCUT2D eigenvalue weighted by molar-refractivity contribution is 5.95. The Kier molecular flexibility index (Phi) is 5.66. The quantitative estimate of drug-likeness (QED) is 0.825. The number of carbonyl (C=O) groups excluding carboxylic acids is 2. The summed E-state index contributed by atoms with van der Waals surface area (Å²) in [5.41, 5.74) is 0.637. The van der Waals surface area contributed by atoms with E-state index >= 15 is 0 Å². The molecule has 2 amide bonds. The lowest BCUT2D eigenvalue weighted by Crippen LogP contribution is -2.48. The Morgan fingerprint density at radius 1 is 1.33 bits per heavy atom. The molecule has 0 saturated carbocycles. The maximum absolute atomic E-state index is 12.2. The van der Waals surface area contributed by atoms with E-state index < -0.39 is 0 Å². The van der Waals surface area contributed by atoms with Crippen LogP contribution in [0, 0.1) is 0 Å². The number of anilines is 1. The second-order valence-corrected chi connectivity index (χ2v) is 5.98. The van der Waals surface area contributed by atoms with Gasteiger partial charge in [-0.3, -0.25) is 9.59 Å². The first-order chi connectivity index (χ1) is 11.7. The number of likely N-dealkylation sites (tertiary alicyclic amines) is 1. The van der Waals surface area contributed by atoms with Crippen molar-refractivity contribution >= 4 is 17.5 Å². The number of amides is 2. The van der Waals surface area contributed by atoms with Crippen molar-refractivity contribution in [2.75, 3.05) is 44.8 Å². The lowest BCUT2D eigenvalue weighted by Gasteiger charge is -2.23. The average molecular weight is 333 g/mol. The predicted molar refractivity (Wildman–Crippen MR) is 89.0 cm³/mol. The van der Waals surface area contributed by atoms with Crippen LogP contribution in [0.5, 0.6) is 5.75 Å². The highest BCUT2D eigenvalue weighted by Crippen LogP contribution is 2.18. The first-order valence-corrected chi connectivity index (χ1v) is 8.35. The van der Waals surface area contributed by atoms with Gasteiger partial charge in [0.1, 0.15) is 11.8 Å². The minimum absolute atomic E-state index is 0.00509. The molecule has 1 unspecified atom stereocenters. The third-order valence-corrected chi connectivity index (χ3v) is 4.16. The van der Waals surface area contributed by atoms with E-state index in [4.69, 9.17) is 9.47 Å². The molecule has 2 heterocycles. The van der Waals surface area contributed by atoms with Crippen LogP contribution >= 0.6 is 0 Å². The maximum atomic E-state index is 12.2. The fourth-order valence-electron chi connectivity index (χ4n) is 2.83. The van der Waals surface area contributed by atoms with Crippen LogP contribution in [-0.4, -0.2) is 62.2 Å². The third-order valence-electron chi connectivity index (χ3n) is 4.16. The van der Waals surface area contributed by atoms with E-state index in [1.807, 2.05) is 4.90 Å². The number of rotatable bonds is 5. The van der Waals surface area contributed by atoms with E-state index in [0.717, 1.165) is 25.9 Å². The van der Waals surface area contributed by atoms with Crippen molar-refractivity contribution in [2.45, 2.75) is 18.9 Å². The molecule has 0 radical (unpaired) electrons. The molecule has 2 aliphatic rings. The topological polar surface area (TPSA) is 79.9 Å². The summed E-state index contributed by atoms with van der Waals surface area (Å²) in [5.74, 6) is 0.429. The van der Waals surface area contributed by atoms with Gasteiger partial charge < -0.3 is 25.0 Å². The Hall–Kier alpha value is -2.12. The van der Waals surface area contributed by atoms with Crippen molar-refractivity contribution in [1.82, 2.24) is 10.2 Å². The number of morpholine rings is 1. The molecule has 1 aromatic rings. The van der Waals surface area contributed by atoms with Gasteiger partial charge in [-0.05, 0) is 25.0 Å². The second kappa shape index (κ2) is 8.12. The molecule has 1 atom stereocenters. The summed E-state index contributed by atoms with van der Waals surface area (Å²) in [5, 5.41) is 5.94. The van der Waals surface area contributed by atoms with Gasteiger partial charge in [0, 0.05) is 31.4 Å². The van der Waals surface area contributed by atoms with Crippen LogP contribution in [0.3, 0.4) is 0 Å². The third kappa shape index (κ3) is 4.46. The number of carbonyl (C=O) groups is 2. The summed E-state index contributed by atoms with van der Waals surface area (Å²) < 4.78 is 10.9. The van der Waals surface area contributed by atoms with Crippen molar-refractivity contribution in [2.24, 2.45) is 0 Å². The molecule has 2 fully saturated rings. The molecular weight excluding hydrogens is 310 g/mol. The number of benzene rings is 1. The standard InChI is InChI=1S/C17H23N3O4/c21-16(20-7-1-2-8-20)12-24-14-5-3-4-13(10-14)19-17(22)15-11-23-9-6-18-15/h3-5,10,15,18H,1-2,6-9,11-12H2,(H,19,22). The van der Waals surface area contributed by atoms with Crippen LogP contribution in [0.15, 0.2) is 24.3 Å². The van der Waals surface area contributed by atoms with Crippen LogP contribution < -0.4 is 15.4 Å². The number of hydrogen-bond donors (Lipinski definition) is 2. The van der Waals surface area contributed by atoms with Crippen molar-refractivity contribution in [3.8, 4) is 5.75 Å². The molecular formula is C17H23N3O4. The molecule has 7 nitrogen and oxygen atoms in total. The second-order valence-electron chi connectivity index (χ2n) is 5.98. The van der Waals surface area contributed by atoms with Gasteiger partial charge in [0.25, 0.3) is 5.91 Å². The first kappa shape index (κ1) is 16.7. The van der Waals surface area contributed by atoms with Gasteiger partial charge in [0.15, 0.2) is 6.61 Å². The molecule has 2 N–H and O–H groups in total. The van der Waals surface area contributed by atoms with Crippen molar-refractivity contribution in [3.05, 3.63) is 24.3 Å². The zero-order chi connectivity index (χ0) is 16.8. The van der Waals surface area contributed by atoms with E-state index in [2.05, 4.69) is 10.6 Å². The van der Waals surface area contributed by atoms with Gasteiger partial charge in [0.2, 0.25) is 5.91 Å². The number of hydrogen-bond acceptors (Lipinski definition) is 5. The highest BCUT2D eigenvalue weighted by atomic mass is 16.5. The van der Waals surface area contributed by atoms with Crippen LogP contribution in [0.4, 0.5) is 5.69 Å². The molecule has 2 saturated heterocycles. The van der Waals surface area contributed by atoms with Crippen LogP contribution in [0.1, 0.15) is 12.8 Å². The Morgan fingerprint density at radius 2 is 2.17 bits per heavy atom. The molecule has 7 heteroatoms. The van der Waals surface area contributed by atoms with Crippen LogP contribution in [0.25, 0.3) is 0 Å². The zero-order valence-corrected chi connectivity index (χ0v) is 13.6. The molecule has 2 aliphatic heterocycles. The summed E-state index contributed by atoms with van der Waals surface area (Å²) in [6.45, 7) is 3.31. The monoisotopic (exact) mass is 333 g/mol. The molecule has 0 bridgehead atoms. The molecule has 0 spiro atoms. The fourth-order valence-corrected chi connectivity index (χ4v) is 2.83. The summed E-state index contributed by atoms with van der Waals surface area (Å²) in [4.78, 5) is 26.0. The van der Waals surface area contributed by atoms with Gasteiger partial charge in [0.05, 0.1) is 13.2 Å². The molecule has 1 aromatic carbocycles. The molecule has 3 rings (SSSR count). The lowest BCUT2D eigenvalue weighted by molar-refractivity contribution is -0.132. The van der Waals surface area contributed by atoms with Gasteiger partial charge in [-0.2, -0.15) is 0 Å². The Labute approximate surface area is 141 Å². The lowest BCUT2D eigenvalue weighted by atomic mass is 10.2. The van der Waals surface area contributed by atoms with E-state index in [-0.39, 0.29) is 24.5 Å². The Bertz CT molecular complexity index is 581. The molecule has 130 valence electrons. The normalized spacial score (nSPS) is 20.7. The summed E-state index contributed by atoms with van der Waals surface area (Å²) in [7, 11) is 0. The molecule has 0 aliphatic carbocycles. The van der Waals surface area contributed by atoms with Crippen LogP contribution in [0.2, 0.25) is 0 Å². The van der Waals surface area contributed by atoms with E-state index in [0.29, 0.717) is 31.2 Å². The molecule has 24 heavy (non-hydrogen) atoms. The number of nitrogens with zero attached hydrogens (tertiary/aromatic N) is 1. The minimum Gasteiger partial charge on any atom is -0.484 e. The van der Waals surface area contributed by atoms with Crippen molar-refractivity contribution < 1.29 is 19.1 Å². The highest BCUT2D eigenvalue weighted by Gasteiger charge is 2.21. The Morgan fingerprint density at radius 3 is 2.92 bits per heavy atom. The first-order valence-electron chi connectivity index (χ1n) is 8.35. The number of ether oxygens (including phenoxy) is 2. The summed E-state index contributed by atoms with van der Waals surface area (Å²) in [6, 6.07) is 6.72. The zero-order valence-electron chi connectivity index (χ0n) is 13.6.